The molecule has 1 aromatic rings. The summed E-state index contributed by atoms with van der Waals surface area (Å²) in [6, 6.07) is 7.12. The van der Waals surface area contributed by atoms with Gasteiger partial charge in [0.2, 0.25) is 10.0 Å². The van der Waals surface area contributed by atoms with Crippen LogP contribution in [0.5, 0.6) is 0 Å². The Kier molecular flexibility index (Phi) is 4.83. The molecule has 4 nitrogen and oxygen atoms in total. The molecule has 2 N–H and O–H groups in total. The number of benzene rings is 1. The zero-order valence-electron chi connectivity index (χ0n) is 12.2. The van der Waals surface area contributed by atoms with Gasteiger partial charge in [-0.25, -0.2) is 8.42 Å². The van der Waals surface area contributed by atoms with Crippen molar-refractivity contribution in [2.45, 2.75) is 50.1 Å². The molecule has 0 heterocycles. The first-order chi connectivity index (χ1) is 9.46. The molecule has 1 saturated carbocycles. The van der Waals surface area contributed by atoms with E-state index >= 15 is 0 Å². The Balaban J connectivity index is 2.25. The summed E-state index contributed by atoms with van der Waals surface area (Å²) >= 11 is 0. The maximum absolute atomic E-state index is 12.8. The molecule has 0 spiro atoms. The largest absolute Gasteiger partial charge is 0.326 e. The lowest BCUT2D eigenvalue weighted by Gasteiger charge is -2.33. The van der Waals surface area contributed by atoms with Crippen molar-refractivity contribution in [1.29, 1.82) is 0 Å². The van der Waals surface area contributed by atoms with Crippen LogP contribution in [0.4, 0.5) is 0 Å². The van der Waals surface area contributed by atoms with Gasteiger partial charge in [0.1, 0.15) is 0 Å². The standard InChI is InChI=1S/C15H24N2O2S/c1-12-7-9-14(10-8-12)17(2)20(18,19)15-6-4-3-5-13(15)11-16/h3-6,12,14H,7-11,16H2,1-2H3. The van der Waals surface area contributed by atoms with E-state index in [9.17, 15) is 8.42 Å². The van der Waals surface area contributed by atoms with E-state index in [4.69, 9.17) is 5.73 Å². The van der Waals surface area contributed by atoms with Crippen LogP contribution in [0.15, 0.2) is 29.2 Å². The van der Waals surface area contributed by atoms with Gasteiger partial charge in [-0.15, -0.1) is 0 Å². The maximum atomic E-state index is 12.8. The summed E-state index contributed by atoms with van der Waals surface area (Å²) in [7, 11) is -1.75. The molecule has 20 heavy (non-hydrogen) atoms. The topological polar surface area (TPSA) is 63.4 Å². The van der Waals surface area contributed by atoms with Crippen molar-refractivity contribution in [3.8, 4) is 0 Å². The smallest absolute Gasteiger partial charge is 0.243 e. The van der Waals surface area contributed by atoms with Gasteiger partial charge in [-0.1, -0.05) is 25.1 Å². The summed E-state index contributed by atoms with van der Waals surface area (Å²) in [6.45, 7) is 2.47. The number of nitrogens with two attached hydrogens (primary N) is 1. The second-order valence-electron chi connectivity index (χ2n) is 5.75. The molecule has 0 saturated heterocycles. The van der Waals surface area contributed by atoms with Gasteiger partial charge in [0.05, 0.1) is 4.90 Å². The monoisotopic (exact) mass is 296 g/mol. The molecule has 2 rings (SSSR count). The van der Waals surface area contributed by atoms with Crippen LogP contribution in [-0.2, 0) is 16.6 Å². The van der Waals surface area contributed by atoms with E-state index in [0.29, 0.717) is 16.4 Å². The summed E-state index contributed by atoms with van der Waals surface area (Å²) in [5, 5.41) is 0. The average Bonchev–Trinajstić information content (AvgIpc) is 2.47. The van der Waals surface area contributed by atoms with E-state index in [1.165, 1.54) is 0 Å². The predicted molar refractivity (Wildman–Crippen MR) is 80.7 cm³/mol. The van der Waals surface area contributed by atoms with E-state index in [1.54, 1.807) is 29.6 Å². The van der Waals surface area contributed by atoms with Crippen molar-refractivity contribution in [1.82, 2.24) is 4.31 Å². The third-order valence-electron chi connectivity index (χ3n) is 4.35. The molecule has 0 bridgehead atoms. The van der Waals surface area contributed by atoms with Gasteiger partial charge >= 0.3 is 0 Å². The van der Waals surface area contributed by atoms with Gasteiger partial charge in [0, 0.05) is 19.6 Å². The molecule has 0 unspecified atom stereocenters. The van der Waals surface area contributed by atoms with Crippen molar-refractivity contribution >= 4 is 10.0 Å². The molecular weight excluding hydrogens is 272 g/mol. The van der Waals surface area contributed by atoms with Crippen LogP contribution in [0.25, 0.3) is 0 Å². The summed E-state index contributed by atoms with van der Waals surface area (Å²) in [5.74, 6) is 0.707. The summed E-state index contributed by atoms with van der Waals surface area (Å²) in [5.41, 5.74) is 6.34. The Labute approximate surface area is 122 Å². The average molecular weight is 296 g/mol. The second kappa shape index (κ2) is 6.24. The molecule has 0 aliphatic heterocycles. The lowest BCUT2D eigenvalue weighted by molar-refractivity contribution is 0.246. The number of hydrogen-bond donors (Lipinski definition) is 1. The van der Waals surface area contributed by atoms with Crippen LogP contribution in [0.1, 0.15) is 38.2 Å². The first-order valence-electron chi connectivity index (χ1n) is 7.22. The van der Waals surface area contributed by atoms with Crippen molar-refractivity contribution in [3.05, 3.63) is 29.8 Å². The van der Waals surface area contributed by atoms with Crippen molar-refractivity contribution in [2.24, 2.45) is 11.7 Å². The minimum atomic E-state index is -3.45. The van der Waals surface area contributed by atoms with Crippen LogP contribution < -0.4 is 5.73 Å². The number of hydrogen-bond acceptors (Lipinski definition) is 3. The van der Waals surface area contributed by atoms with Crippen molar-refractivity contribution in [2.75, 3.05) is 7.05 Å². The Morgan fingerprint density at radius 1 is 1.20 bits per heavy atom. The van der Waals surface area contributed by atoms with Gasteiger partial charge in [0.25, 0.3) is 0 Å². The number of nitrogens with zero attached hydrogens (tertiary/aromatic N) is 1. The molecule has 1 aromatic carbocycles. The van der Waals surface area contributed by atoms with Gasteiger partial charge < -0.3 is 5.73 Å². The van der Waals surface area contributed by atoms with E-state index in [2.05, 4.69) is 6.92 Å². The molecule has 112 valence electrons. The van der Waals surface area contributed by atoms with E-state index in [1.807, 2.05) is 6.07 Å². The SMILES string of the molecule is CC1CCC(N(C)S(=O)(=O)c2ccccc2CN)CC1. The highest BCUT2D eigenvalue weighted by Gasteiger charge is 2.31. The highest BCUT2D eigenvalue weighted by Crippen LogP contribution is 2.30. The molecule has 0 aromatic heterocycles. The third kappa shape index (κ3) is 3.05. The van der Waals surface area contributed by atoms with Crippen LogP contribution in [0.3, 0.4) is 0 Å². The molecule has 1 aliphatic carbocycles. The summed E-state index contributed by atoms with van der Waals surface area (Å²) in [6.07, 6.45) is 4.09. The maximum Gasteiger partial charge on any atom is 0.243 e. The van der Waals surface area contributed by atoms with E-state index < -0.39 is 10.0 Å². The normalized spacial score (nSPS) is 24.0. The van der Waals surface area contributed by atoms with Gasteiger partial charge in [-0.3, -0.25) is 0 Å². The molecule has 0 atom stereocenters. The molecule has 0 radical (unpaired) electrons. The highest BCUT2D eigenvalue weighted by atomic mass is 32.2. The minimum absolute atomic E-state index is 0.113. The van der Waals surface area contributed by atoms with Crippen LogP contribution in [-0.4, -0.2) is 25.8 Å². The van der Waals surface area contributed by atoms with Gasteiger partial charge in [-0.05, 0) is 43.2 Å². The van der Waals surface area contributed by atoms with Crippen LogP contribution in [0, 0.1) is 5.92 Å². The fourth-order valence-electron chi connectivity index (χ4n) is 2.88. The Morgan fingerprint density at radius 3 is 2.40 bits per heavy atom. The fraction of sp³-hybridized carbons (Fsp3) is 0.600. The molecule has 0 amide bonds. The lowest BCUT2D eigenvalue weighted by Crippen LogP contribution is -2.39. The number of rotatable bonds is 4. The first kappa shape index (κ1) is 15.5. The molecule has 1 aliphatic rings. The quantitative estimate of drug-likeness (QED) is 0.927. The zero-order valence-corrected chi connectivity index (χ0v) is 13.1. The van der Waals surface area contributed by atoms with Crippen molar-refractivity contribution < 1.29 is 8.42 Å². The van der Waals surface area contributed by atoms with Gasteiger partial charge in [0.15, 0.2) is 0 Å². The molecule has 1 fully saturated rings. The summed E-state index contributed by atoms with van der Waals surface area (Å²) in [4.78, 5) is 0.351. The third-order valence-corrected chi connectivity index (χ3v) is 6.36. The Bertz CT molecular complexity index is 549. The summed E-state index contributed by atoms with van der Waals surface area (Å²) < 4.78 is 27.1. The Hall–Kier alpha value is -0.910. The number of sulfonamides is 1. The van der Waals surface area contributed by atoms with E-state index in [-0.39, 0.29) is 12.6 Å². The second-order valence-corrected chi connectivity index (χ2v) is 7.71. The lowest BCUT2D eigenvalue weighted by atomic mass is 9.87. The molecular formula is C15H24N2O2S. The highest BCUT2D eigenvalue weighted by molar-refractivity contribution is 7.89. The van der Waals surface area contributed by atoms with Crippen LogP contribution >= 0.6 is 0 Å². The molecule has 5 heteroatoms. The van der Waals surface area contributed by atoms with Crippen molar-refractivity contribution in [3.63, 3.8) is 0 Å². The zero-order chi connectivity index (χ0) is 14.8. The Morgan fingerprint density at radius 2 is 1.80 bits per heavy atom. The minimum Gasteiger partial charge on any atom is -0.326 e. The fourth-order valence-corrected chi connectivity index (χ4v) is 4.53. The van der Waals surface area contributed by atoms with Gasteiger partial charge in [-0.2, -0.15) is 4.31 Å². The first-order valence-corrected chi connectivity index (χ1v) is 8.67. The predicted octanol–water partition coefficient (Wildman–Crippen LogP) is 2.34. The van der Waals surface area contributed by atoms with E-state index in [0.717, 1.165) is 25.7 Å². The van der Waals surface area contributed by atoms with Crippen LogP contribution in [0.2, 0.25) is 0 Å².